The van der Waals surface area contributed by atoms with Crippen LogP contribution in [0.3, 0.4) is 0 Å². The van der Waals surface area contributed by atoms with Crippen LogP contribution < -0.4 is 10.7 Å². The first-order valence-corrected chi connectivity index (χ1v) is 9.02. The van der Waals surface area contributed by atoms with Gasteiger partial charge in [0.25, 0.3) is 11.6 Å². The fourth-order valence-electron chi connectivity index (χ4n) is 2.55. The van der Waals surface area contributed by atoms with Gasteiger partial charge < -0.3 is 5.32 Å². The second-order valence-corrected chi connectivity index (χ2v) is 6.62. The number of nitrogens with one attached hydrogen (secondary N) is 2. The van der Waals surface area contributed by atoms with E-state index in [0.29, 0.717) is 10.7 Å². The first-order valence-electron chi connectivity index (χ1n) is 8.64. The minimum absolute atomic E-state index is 0.173. The maximum absolute atomic E-state index is 12.5. The number of carbonyl (C=O) groups is 1. The average Bonchev–Trinajstić information content (AvgIpc) is 2.71. The van der Waals surface area contributed by atoms with E-state index in [9.17, 15) is 14.9 Å². The summed E-state index contributed by atoms with van der Waals surface area (Å²) in [5.41, 5.74) is 5.06. The quantitative estimate of drug-likeness (QED) is 0.330. The molecule has 0 saturated carbocycles. The predicted molar refractivity (Wildman–Crippen MR) is 115 cm³/mol. The van der Waals surface area contributed by atoms with Crippen LogP contribution in [0.1, 0.15) is 21.5 Å². The second-order valence-electron chi connectivity index (χ2n) is 6.18. The Bertz CT molecular complexity index is 1080. The second kappa shape index (κ2) is 8.99. The van der Waals surface area contributed by atoms with Gasteiger partial charge in [0.05, 0.1) is 11.1 Å². The maximum atomic E-state index is 12.5. The Morgan fingerprint density at radius 2 is 1.79 bits per heavy atom. The van der Waals surface area contributed by atoms with Crippen molar-refractivity contribution in [2.75, 3.05) is 10.7 Å². The molecule has 0 aliphatic heterocycles. The molecule has 3 rings (SSSR count). The van der Waals surface area contributed by atoms with E-state index in [1.807, 2.05) is 19.1 Å². The third-order valence-corrected chi connectivity index (χ3v) is 4.37. The van der Waals surface area contributed by atoms with Crippen LogP contribution in [0.25, 0.3) is 0 Å². The van der Waals surface area contributed by atoms with E-state index in [2.05, 4.69) is 15.8 Å². The molecule has 3 aromatic rings. The molecular formula is C21H17ClN4O3. The minimum Gasteiger partial charge on any atom is -0.322 e. The van der Waals surface area contributed by atoms with E-state index < -0.39 is 10.8 Å². The Kier molecular flexibility index (Phi) is 6.21. The van der Waals surface area contributed by atoms with Crippen molar-refractivity contribution in [3.05, 3.63) is 98.6 Å². The zero-order valence-corrected chi connectivity index (χ0v) is 16.2. The Morgan fingerprint density at radius 3 is 2.48 bits per heavy atom. The van der Waals surface area contributed by atoms with E-state index in [1.165, 1.54) is 24.4 Å². The monoisotopic (exact) mass is 408 g/mol. The van der Waals surface area contributed by atoms with E-state index in [0.717, 1.165) is 11.1 Å². The van der Waals surface area contributed by atoms with Gasteiger partial charge in [0.15, 0.2) is 0 Å². The molecule has 0 bridgehead atoms. The van der Waals surface area contributed by atoms with Gasteiger partial charge in [-0.1, -0.05) is 41.9 Å². The van der Waals surface area contributed by atoms with E-state index in [1.54, 1.807) is 36.4 Å². The number of rotatable bonds is 6. The first kappa shape index (κ1) is 20.0. The molecule has 0 heterocycles. The number of hydrogen-bond acceptors (Lipinski definition) is 5. The number of nitro benzene ring substituents is 1. The number of halogens is 1. The maximum Gasteiger partial charge on any atom is 0.294 e. The highest BCUT2D eigenvalue weighted by molar-refractivity contribution is 6.30. The van der Waals surface area contributed by atoms with Crippen LogP contribution in [0.5, 0.6) is 0 Å². The first-order chi connectivity index (χ1) is 13.9. The Balaban J connectivity index is 1.78. The number of anilines is 2. The highest BCUT2D eigenvalue weighted by Gasteiger charge is 2.18. The lowest BCUT2D eigenvalue weighted by molar-refractivity contribution is -0.384. The summed E-state index contributed by atoms with van der Waals surface area (Å²) in [7, 11) is 0. The highest BCUT2D eigenvalue weighted by atomic mass is 35.5. The van der Waals surface area contributed by atoms with E-state index in [-0.39, 0.29) is 16.9 Å². The molecule has 0 spiro atoms. The van der Waals surface area contributed by atoms with Gasteiger partial charge in [-0.25, -0.2) is 0 Å². The molecule has 7 nitrogen and oxygen atoms in total. The molecule has 0 saturated heterocycles. The molecule has 0 unspecified atom stereocenters. The van der Waals surface area contributed by atoms with Gasteiger partial charge in [-0.3, -0.25) is 20.3 Å². The standard InChI is InChI=1S/C21H17ClN4O3/c1-14-4-2-3-5-18(14)24-21(27)16-8-11-19(20(12-16)26(28)29)25-23-13-15-6-9-17(22)10-7-15/h2-13,25H,1H3,(H,24,27). The van der Waals surface area contributed by atoms with Crippen LogP contribution in [0.4, 0.5) is 17.1 Å². The number of hydrazone groups is 1. The number of nitro groups is 1. The average molecular weight is 409 g/mol. The predicted octanol–water partition coefficient (Wildman–Crippen LogP) is 5.25. The third kappa shape index (κ3) is 5.18. The van der Waals surface area contributed by atoms with E-state index in [4.69, 9.17) is 11.6 Å². The van der Waals surface area contributed by atoms with Gasteiger partial charge in [-0.15, -0.1) is 0 Å². The molecule has 146 valence electrons. The van der Waals surface area contributed by atoms with Gasteiger partial charge in [0.1, 0.15) is 5.69 Å². The van der Waals surface area contributed by atoms with Crippen LogP contribution in [0.15, 0.2) is 71.8 Å². The fraction of sp³-hybridized carbons (Fsp3) is 0.0476. The molecule has 8 heteroatoms. The lowest BCUT2D eigenvalue weighted by Gasteiger charge is -2.09. The zero-order chi connectivity index (χ0) is 20.8. The Hall–Kier alpha value is -3.71. The van der Waals surface area contributed by atoms with Crippen molar-refractivity contribution in [1.82, 2.24) is 0 Å². The fourth-order valence-corrected chi connectivity index (χ4v) is 2.68. The molecule has 0 fully saturated rings. The highest BCUT2D eigenvalue weighted by Crippen LogP contribution is 2.26. The van der Waals surface area contributed by atoms with Gasteiger partial charge in [-0.2, -0.15) is 5.10 Å². The largest absolute Gasteiger partial charge is 0.322 e. The normalized spacial score (nSPS) is 10.7. The summed E-state index contributed by atoms with van der Waals surface area (Å²) in [6.45, 7) is 1.86. The molecule has 2 N–H and O–H groups in total. The summed E-state index contributed by atoms with van der Waals surface area (Å²) in [5.74, 6) is -0.432. The molecule has 0 atom stereocenters. The number of aryl methyl sites for hydroxylation is 1. The van der Waals surface area contributed by atoms with Crippen LogP contribution >= 0.6 is 11.6 Å². The molecule has 0 aliphatic carbocycles. The van der Waals surface area contributed by atoms with Crippen molar-refractivity contribution < 1.29 is 9.72 Å². The van der Waals surface area contributed by atoms with Crippen LogP contribution in [-0.4, -0.2) is 17.0 Å². The SMILES string of the molecule is Cc1ccccc1NC(=O)c1ccc(NN=Cc2ccc(Cl)cc2)c([N+](=O)[O-])c1. The summed E-state index contributed by atoms with van der Waals surface area (Å²) in [5, 5.41) is 18.8. The molecular weight excluding hydrogens is 392 g/mol. The summed E-state index contributed by atoms with van der Waals surface area (Å²) in [6.07, 6.45) is 1.51. The van der Waals surface area contributed by atoms with Gasteiger partial charge in [0, 0.05) is 22.3 Å². The van der Waals surface area contributed by atoms with E-state index >= 15 is 0 Å². The lowest BCUT2D eigenvalue weighted by atomic mass is 10.1. The number of carbonyl (C=O) groups excluding carboxylic acids is 1. The molecule has 0 radical (unpaired) electrons. The lowest BCUT2D eigenvalue weighted by Crippen LogP contribution is -2.13. The summed E-state index contributed by atoms with van der Waals surface area (Å²) < 4.78 is 0. The van der Waals surface area contributed by atoms with Gasteiger partial charge in [-0.05, 0) is 48.4 Å². The Labute approximate surface area is 172 Å². The van der Waals surface area contributed by atoms with Crippen molar-refractivity contribution in [2.45, 2.75) is 6.92 Å². The number of nitrogens with zero attached hydrogens (tertiary/aromatic N) is 2. The summed E-state index contributed by atoms with van der Waals surface area (Å²) in [4.78, 5) is 23.4. The van der Waals surface area contributed by atoms with Crippen LogP contribution in [-0.2, 0) is 0 Å². The van der Waals surface area contributed by atoms with Crippen molar-refractivity contribution in [2.24, 2.45) is 5.10 Å². The smallest absolute Gasteiger partial charge is 0.294 e. The number of amides is 1. The van der Waals surface area contributed by atoms with Crippen molar-refractivity contribution in [3.8, 4) is 0 Å². The zero-order valence-electron chi connectivity index (χ0n) is 15.4. The van der Waals surface area contributed by atoms with Crippen molar-refractivity contribution in [1.29, 1.82) is 0 Å². The summed E-state index contributed by atoms with van der Waals surface area (Å²) >= 11 is 5.83. The molecule has 29 heavy (non-hydrogen) atoms. The number of benzene rings is 3. The van der Waals surface area contributed by atoms with Crippen LogP contribution in [0, 0.1) is 17.0 Å². The van der Waals surface area contributed by atoms with Crippen LogP contribution in [0.2, 0.25) is 5.02 Å². The molecule has 0 aromatic heterocycles. The minimum atomic E-state index is -0.565. The number of para-hydroxylation sites is 1. The topological polar surface area (TPSA) is 96.6 Å². The van der Waals surface area contributed by atoms with Crippen molar-refractivity contribution in [3.63, 3.8) is 0 Å². The molecule has 1 amide bonds. The van der Waals surface area contributed by atoms with Gasteiger partial charge >= 0.3 is 0 Å². The van der Waals surface area contributed by atoms with Gasteiger partial charge in [0.2, 0.25) is 0 Å². The molecule has 0 aliphatic rings. The molecule has 3 aromatic carbocycles. The Morgan fingerprint density at radius 1 is 1.07 bits per heavy atom. The van der Waals surface area contributed by atoms with Crippen molar-refractivity contribution >= 4 is 40.8 Å². The summed E-state index contributed by atoms with van der Waals surface area (Å²) in [6, 6.07) is 18.4. The third-order valence-electron chi connectivity index (χ3n) is 4.12. The number of hydrogen-bond donors (Lipinski definition) is 2.